The quantitative estimate of drug-likeness (QED) is 0.480. The van der Waals surface area contributed by atoms with Crippen molar-refractivity contribution in [2.45, 2.75) is 25.8 Å². The number of nitrogens with one attached hydrogen (secondary N) is 2. The molecule has 7 nitrogen and oxygen atoms in total. The minimum atomic E-state index is -0.337. The van der Waals surface area contributed by atoms with Crippen molar-refractivity contribution in [2.75, 3.05) is 37.5 Å². The molecular formula is C28H31N3O4. The fraction of sp³-hybridized carbons (Fsp3) is 0.286. The summed E-state index contributed by atoms with van der Waals surface area (Å²) in [6.07, 6.45) is 1.45. The maximum Gasteiger partial charge on any atom is 0.240 e. The molecule has 3 aromatic carbocycles. The van der Waals surface area contributed by atoms with Crippen LogP contribution in [-0.4, -0.2) is 39.1 Å². The summed E-state index contributed by atoms with van der Waals surface area (Å²) in [6, 6.07) is 20.8. The van der Waals surface area contributed by atoms with E-state index in [1.165, 1.54) is 0 Å². The average Bonchev–Trinajstić information content (AvgIpc) is 3.32. The molecule has 182 valence electrons. The van der Waals surface area contributed by atoms with Crippen LogP contribution in [0.2, 0.25) is 0 Å². The summed E-state index contributed by atoms with van der Waals surface area (Å²) in [5.74, 6) is 1.50. The molecule has 0 unspecified atom stereocenters. The van der Waals surface area contributed by atoms with E-state index in [0.29, 0.717) is 6.42 Å². The van der Waals surface area contributed by atoms with Crippen molar-refractivity contribution in [1.29, 1.82) is 0 Å². The third kappa shape index (κ3) is 5.57. The number of amides is 2. The lowest BCUT2D eigenvalue weighted by Gasteiger charge is -2.22. The van der Waals surface area contributed by atoms with E-state index < -0.39 is 0 Å². The lowest BCUT2D eigenvalue weighted by Crippen LogP contribution is -2.34. The van der Waals surface area contributed by atoms with E-state index in [4.69, 9.17) is 9.47 Å². The highest BCUT2D eigenvalue weighted by molar-refractivity contribution is 5.97. The van der Waals surface area contributed by atoms with Crippen LogP contribution >= 0.6 is 0 Å². The lowest BCUT2D eigenvalue weighted by atomic mass is 9.98. The maximum atomic E-state index is 13.0. The molecule has 0 bridgehead atoms. The molecular weight excluding hydrogens is 442 g/mol. The zero-order chi connectivity index (χ0) is 24.8. The van der Waals surface area contributed by atoms with Gasteiger partial charge in [0.15, 0.2) is 0 Å². The van der Waals surface area contributed by atoms with Crippen molar-refractivity contribution >= 4 is 23.2 Å². The average molecular weight is 474 g/mol. The number of hydrogen-bond donors (Lipinski definition) is 2. The summed E-state index contributed by atoms with van der Waals surface area (Å²) in [6.45, 7) is 2.80. The van der Waals surface area contributed by atoms with Crippen molar-refractivity contribution in [3.05, 3.63) is 83.4 Å². The van der Waals surface area contributed by atoms with Crippen LogP contribution in [-0.2, 0) is 9.59 Å². The van der Waals surface area contributed by atoms with E-state index in [-0.39, 0.29) is 24.4 Å². The Morgan fingerprint density at radius 2 is 1.54 bits per heavy atom. The second kappa shape index (κ2) is 11.0. The third-order valence-electron chi connectivity index (χ3n) is 6.31. The first-order valence-electron chi connectivity index (χ1n) is 11.7. The lowest BCUT2D eigenvalue weighted by molar-refractivity contribution is -0.120. The standard InChI is InChI=1S/C28H31N3O4/c1-19-24(6-4-7-25(19)31-17-5-8-27(31)33)29-18-26(32)30-28(20-9-13-22(34-2)14-10-20)21-11-15-23(35-3)16-12-21/h4,6-7,9-16,28-29H,5,8,17-18H2,1-3H3,(H,30,32). The highest BCUT2D eigenvalue weighted by Crippen LogP contribution is 2.30. The van der Waals surface area contributed by atoms with Gasteiger partial charge in [0.05, 0.1) is 26.8 Å². The zero-order valence-electron chi connectivity index (χ0n) is 20.3. The van der Waals surface area contributed by atoms with Gasteiger partial charge in [-0.3, -0.25) is 9.59 Å². The van der Waals surface area contributed by atoms with E-state index >= 15 is 0 Å². The number of ether oxygens (including phenoxy) is 2. The molecule has 0 aliphatic carbocycles. The minimum Gasteiger partial charge on any atom is -0.497 e. The first-order valence-corrected chi connectivity index (χ1v) is 11.7. The smallest absolute Gasteiger partial charge is 0.240 e. The third-order valence-corrected chi connectivity index (χ3v) is 6.31. The first-order chi connectivity index (χ1) is 17.0. The Hall–Kier alpha value is -4.00. The largest absolute Gasteiger partial charge is 0.497 e. The molecule has 1 fully saturated rings. The van der Waals surface area contributed by atoms with Gasteiger partial charge in [-0.15, -0.1) is 0 Å². The van der Waals surface area contributed by atoms with Crippen LogP contribution in [0.25, 0.3) is 0 Å². The fourth-order valence-corrected chi connectivity index (χ4v) is 4.35. The van der Waals surface area contributed by atoms with Crippen molar-refractivity contribution < 1.29 is 19.1 Å². The Morgan fingerprint density at radius 1 is 0.943 bits per heavy atom. The SMILES string of the molecule is COc1ccc(C(NC(=O)CNc2cccc(N3CCCC3=O)c2C)c2ccc(OC)cc2)cc1. The summed E-state index contributed by atoms with van der Waals surface area (Å²) >= 11 is 0. The Labute approximate surface area is 206 Å². The molecule has 7 heteroatoms. The van der Waals surface area contributed by atoms with Gasteiger partial charge >= 0.3 is 0 Å². The van der Waals surface area contributed by atoms with E-state index in [0.717, 1.165) is 52.5 Å². The summed E-state index contributed by atoms with van der Waals surface area (Å²) in [5, 5.41) is 6.39. The molecule has 4 rings (SSSR count). The van der Waals surface area contributed by atoms with Gasteiger partial charge in [-0.1, -0.05) is 30.3 Å². The Bertz CT molecular complexity index is 1130. The number of hydrogen-bond acceptors (Lipinski definition) is 5. The molecule has 3 aromatic rings. The van der Waals surface area contributed by atoms with Gasteiger partial charge in [0.25, 0.3) is 0 Å². The molecule has 2 amide bonds. The summed E-state index contributed by atoms with van der Waals surface area (Å²) in [7, 11) is 3.25. The van der Waals surface area contributed by atoms with Crippen LogP contribution in [0.1, 0.15) is 35.6 Å². The predicted octanol–water partition coefficient (Wildman–Crippen LogP) is 4.46. The number of benzene rings is 3. The van der Waals surface area contributed by atoms with Crippen LogP contribution in [0.5, 0.6) is 11.5 Å². The molecule has 0 atom stereocenters. The van der Waals surface area contributed by atoms with Gasteiger partial charge in [-0.05, 0) is 66.4 Å². The van der Waals surface area contributed by atoms with Crippen LogP contribution in [0.4, 0.5) is 11.4 Å². The predicted molar refractivity (Wildman–Crippen MR) is 137 cm³/mol. The first kappa shape index (κ1) is 24.1. The monoisotopic (exact) mass is 473 g/mol. The highest BCUT2D eigenvalue weighted by Gasteiger charge is 2.24. The Morgan fingerprint density at radius 3 is 2.06 bits per heavy atom. The summed E-state index contributed by atoms with van der Waals surface area (Å²) in [4.78, 5) is 27.1. The van der Waals surface area contributed by atoms with E-state index in [2.05, 4.69) is 10.6 Å². The van der Waals surface area contributed by atoms with Crippen LogP contribution in [0.3, 0.4) is 0 Å². The summed E-state index contributed by atoms with van der Waals surface area (Å²) < 4.78 is 10.6. The van der Waals surface area contributed by atoms with E-state index in [1.807, 2.05) is 78.6 Å². The molecule has 0 radical (unpaired) electrons. The van der Waals surface area contributed by atoms with Gasteiger partial charge in [0, 0.05) is 24.3 Å². The van der Waals surface area contributed by atoms with Gasteiger partial charge in [0.2, 0.25) is 11.8 Å². The number of anilines is 2. The number of carbonyl (C=O) groups excluding carboxylic acids is 2. The molecule has 0 saturated carbocycles. The second-order valence-electron chi connectivity index (χ2n) is 8.50. The molecule has 2 N–H and O–H groups in total. The molecule has 0 aromatic heterocycles. The normalized spacial score (nSPS) is 13.1. The van der Waals surface area contributed by atoms with Gasteiger partial charge in [-0.2, -0.15) is 0 Å². The van der Waals surface area contributed by atoms with Gasteiger partial charge < -0.3 is 25.0 Å². The highest BCUT2D eigenvalue weighted by atomic mass is 16.5. The fourth-order valence-electron chi connectivity index (χ4n) is 4.35. The van der Waals surface area contributed by atoms with Crippen molar-refractivity contribution in [3.63, 3.8) is 0 Å². The number of nitrogens with zero attached hydrogens (tertiary/aromatic N) is 1. The molecule has 0 spiro atoms. The van der Waals surface area contributed by atoms with Crippen molar-refractivity contribution in [3.8, 4) is 11.5 Å². The van der Waals surface area contributed by atoms with E-state index in [9.17, 15) is 9.59 Å². The maximum absolute atomic E-state index is 13.0. The molecule has 35 heavy (non-hydrogen) atoms. The zero-order valence-corrected chi connectivity index (χ0v) is 20.3. The molecule has 1 aliphatic rings. The summed E-state index contributed by atoms with van der Waals surface area (Å²) in [5.41, 5.74) is 4.57. The number of rotatable bonds is 9. The molecule has 1 saturated heterocycles. The van der Waals surface area contributed by atoms with Gasteiger partial charge in [-0.25, -0.2) is 0 Å². The number of methoxy groups -OCH3 is 2. The van der Waals surface area contributed by atoms with Crippen molar-refractivity contribution in [1.82, 2.24) is 5.32 Å². The molecule has 1 heterocycles. The van der Waals surface area contributed by atoms with Crippen LogP contribution < -0.4 is 25.0 Å². The second-order valence-corrected chi connectivity index (χ2v) is 8.50. The van der Waals surface area contributed by atoms with Crippen LogP contribution in [0.15, 0.2) is 66.7 Å². The Balaban J connectivity index is 1.49. The molecule has 1 aliphatic heterocycles. The Kier molecular flexibility index (Phi) is 7.55. The van der Waals surface area contributed by atoms with Crippen molar-refractivity contribution in [2.24, 2.45) is 0 Å². The van der Waals surface area contributed by atoms with Gasteiger partial charge in [0.1, 0.15) is 11.5 Å². The van der Waals surface area contributed by atoms with Crippen LogP contribution in [0, 0.1) is 6.92 Å². The number of carbonyl (C=O) groups is 2. The minimum absolute atomic E-state index is 0.0983. The topological polar surface area (TPSA) is 79.9 Å². The van der Waals surface area contributed by atoms with E-state index in [1.54, 1.807) is 14.2 Å².